The largest absolute Gasteiger partial charge is 0.364 e. The van der Waals surface area contributed by atoms with Crippen molar-refractivity contribution in [2.24, 2.45) is 0 Å². The van der Waals surface area contributed by atoms with E-state index < -0.39 is 0 Å². The Balaban J connectivity index is 1.58. The first-order valence-corrected chi connectivity index (χ1v) is 8.68. The fourth-order valence-corrected chi connectivity index (χ4v) is 2.67. The molecule has 26 heavy (non-hydrogen) atoms. The summed E-state index contributed by atoms with van der Waals surface area (Å²) in [7, 11) is 0. The van der Waals surface area contributed by atoms with Gasteiger partial charge in [0.2, 0.25) is 0 Å². The average Bonchev–Trinajstić information content (AvgIpc) is 2.68. The van der Waals surface area contributed by atoms with E-state index in [-0.39, 0.29) is 17.6 Å². The molecule has 0 saturated heterocycles. The molecule has 3 rings (SSSR count). The van der Waals surface area contributed by atoms with Gasteiger partial charge in [0, 0.05) is 11.6 Å². The van der Waals surface area contributed by atoms with E-state index in [9.17, 15) is 4.79 Å². The highest BCUT2D eigenvalue weighted by Gasteiger charge is 2.13. The summed E-state index contributed by atoms with van der Waals surface area (Å²) in [5.41, 5.74) is 2.28. The predicted octanol–water partition coefficient (Wildman–Crippen LogP) is 4.23. The smallest absolute Gasteiger partial charge is 0.272 e. The van der Waals surface area contributed by atoms with Crippen LogP contribution in [0.1, 0.15) is 34.6 Å². The molecule has 1 atom stereocenters. The summed E-state index contributed by atoms with van der Waals surface area (Å²) in [5, 5.41) is 14.8. The van der Waals surface area contributed by atoms with Crippen LogP contribution in [-0.2, 0) is 6.54 Å². The Hall–Kier alpha value is -2.92. The van der Waals surface area contributed by atoms with E-state index in [1.807, 2.05) is 61.5 Å². The number of aromatic nitrogens is 2. The number of rotatable bonds is 6. The third kappa shape index (κ3) is 4.58. The molecular formula is C20H19ClN4O. The molecule has 1 amide bonds. The van der Waals surface area contributed by atoms with Crippen LogP contribution >= 0.6 is 11.6 Å². The second-order valence-electron chi connectivity index (χ2n) is 5.85. The molecule has 0 aliphatic carbocycles. The van der Waals surface area contributed by atoms with E-state index in [0.29, 0.717) is 17.4 Å². The zero-order valence-corrected chi connectivity index (χ0v) is 15.1. The lowest BCUT2D eigenvalue weighted by molar-refractivity contribution is 0.0934. The highest BCUT2D eigenvalue weighted by atomic mass is 35.5. The summed E-state index contributed by atoms with van der Waals surface area (Å²) in [6.45, 7) is 2.46. The number of amides is 1. The zero-order valence-electron chi connectivity index (χ0n) is 14.3. The molecule has 6 heteroatoms. The SMILES string of the molecule is CC(NC(=O)c1ccc(NCc2ccccc2Cl)nn1)c1ccccc1. The number of anilines is 1. The Morgan fingerprint density at radius 2 is 1.73 bits per heavy atom. The lowest BCUT2D eigenvalue weighted by Crippen LogP contribution is -2.27. The van der Waals surface area contributed by atoms with Crippen LogP contribution in [0.15, 0.2) is 66.7 Å². The van der Waals surface area contributed by atoms with Crippen molar-refractivity contribution in [3.63, 3.8) is 0 Å². The molecule has 2 aromatic carbocycles. The number of carbonyl (C=O) groups excluding carboxylic acids is 1. The first kappa shape index (κ1) is 17.9. The molecule has 0 radical (unpaired) electrons. The van der Waals surface area contributed by atoms with Crippen LogP contribution < -0.4 is 10.6 Å². The normalized spacial score (nSPS) is 11.6. The van der Waals surface area contributed by atoms with E-state index >= 15 is 0 Å². The van der Waals surface area contributed by atoms with E-state index in [1.165, 1.54) is 0 Å². The number of nitrogens with one attached hydrogen (secondary N) is 2. The van der Waals surface area contributed by atoms with Crippen LogP contribution in [0, 0.1) is 0 Å². The van der Waals surface area contributed by atoms with Gasteiger partial charge in [0.05, 0.1) is 6.04 Å². The van der Waals surface area contributed by atoms with Crippen LogP contribution in [0.2, 0.25) is 5.02 Å². The third-order valence-electron chi connectivity index (χ3n) is 3.96. The van der Waals surface area contributed by atoms with Gasteiger partial charge in [0.1, 0.15) is 5.82 Å². The first-order chi connectivity index (χ1) is 12.6. The predicted molar refractivity (Wildman–Crippen MR) is 103 cm³/mol. The summed E-state index contributed by atoms with van der Waals surface area (Å²) in [5.74, 6) is 0.323. The van der Waals surface area contributed by atoms with Gasteiger partial charge in [-0.1, -0.05) is 60.1 Å². The summed E-state index contributed by atoms with van der Waals surface area (Å²) < 4.78 is 0. The standard InChI is InChI=1S/C20H19ClN4O/c1-14(15-7-3-2-4-8-15)23-20(26)18-11-12-19(25-24-18)22-13-16-9-5-6-10-17(16)21/h2-12,14H,13H2,1H3,(H,22,25)(H,23,26). The second kappa shape index (κ2) is 8.45. The summed E-state index contributed by atoms with van der Waals surface area (Å²) >= 11 is 6.13. The van der Waals surface area contributed by atoms with Crippen LogP contribution in [0.4, 0.5) is 5.82 Å². The number of hydrogen-bond acceptors (Lipinski definition) is 4. The molecule has 0 saturated carbocycles. The van der Waals surface area contributed by atoms with Gasteiger partial charge in [0.25, 0.3) is 5.91 Å². The molecule has 2 N–H and O–H groups in total. The maximum atomic E-state index is 12.3. The van der Waals surface area contributed by atoms with Crippen LogP contribution in [0.3, 0.4) is 0 Å². The van der Waals surface area contributed by atoms with Gasteiger partial charge in [-0.3, -0.25) is 4.79 Å². The number of benzene rings is 2. The first-order valence-electron chi connectivity index (χ1n) is 8.30. The maximum absolute atomic E-state index is 12.3. The van der Waals surface area contributed by atoms with Crippen LogP contribution in [0.25, 0.3) is 0 Å². The molecule has 1 aromatic heterocycles. The van der Waals surface area contributed by atoms with Gasteiger partial charge in [-0.2, -0.15) is 0 Å². The van der Waals surface area contributed by atoms with Gasteiger partial charge in [-0.05, 0) is 36.2 Å². The number of halogens is 1. The highest BCUT2D eigenvalue weighted by Crippen LogP contribution is 2.16. The molecule has 1 unspecified atom stereocenters. The topological polar surface area (TPSA) is 66.9 Å². The van der Waals surface area contributed by atoms with E-state index in [4.69, 9.17) is 11.6 Å². The quantitative estimate of drug-likeness (QED) is 0.685. The van der Waals surface area contributed by atoms with Crippen LogP contribution in [0.5, 0.6) is 0 Å². The number of carbonyl (C=O) groups is 1. The minimum Gasteiger partial charge on any atom is -0.364 e. The Morgan fingerprint density at radius 1 is 1.00 bits per heavy atom. The Labute approximate surface area is 157 Å². The number of nitrogens with zero attached hydrogens (tertiary/aromatic N) is 2. The molecule has 0 fully saturated rings. The maximum Gasteiger partial charge on any atom is 0.272 e. The van der Waals surface area contributed by atoms with Crippen molar-refractivity contribution < 1.29 is 4.79 Å². The molecule has 0 aliphatic heterocycles. The molecule has 0 bridgehead atoms. The molecule has 3 aromatic rings. The Morgan fingerprint density at radius 3 is 2.42 bits per heavy atom. The van der Waals surface area contributed by atoms with Gasteiger partial charge >= 0.3 is 0 Å². The van der Waals surface area contributed by atoms with Crippen molar-refractivity contribution in [2.75, 3.05) is 5.32 Å². The molecule has 1 heterocycles. The molecular weight excluding hydrogens is 348 g/mol. The average molecular weight is 367 g/mol. The van der Waals surface area contributed by atoms with Crippen molar-refractivity contribution in [1.82, 2.24) is 15.5 Å². The van der Waals surface area contributed by atoms with Crippen molar-refractivity contribution in [3.8, 4) is 0 Å². The van der Waals surface area contributed by atoms with Gasteiger partial charge in [-0.15, -0.1) is 10.2 Å². The molecule has 0 spiro atoms. The van der Waals surface area contributed by atoms with Crippen molar-refractivity contribution in [2.45, 2.75) is 19.5 Å². The molecule has 132 valence electrons. The third-order valence-corrected chi connectivity index (χ3v) is 4.33. The highest BCUT2D eigenvalue weighted by molar-refractivity contribution is 6.31. The van der Waals surface area contributed by atoms with E-state index in [0.717, 1.165) is 11.1 Å². The van der Waals surface area contributed by atoms with E-state index in [1.54, 1.807) is 12.1 Å². The Bertz CT molecular complexity index is 868. The lowest BCUT2D eigenvalue weighted by Gasteiger charge is -2.13. The molecule has 0 aliphatic rings. The minimum atomic E-state index is -0.258. The van der Waals surface area contributed by atoms with Gasteiger partial charge in [0.15, 0.2) is 5.69 Å². The van der Waals surface area contributed by atoms with Crippen molar-refractivity contribution >= 4 is 23.3 Å². The molecule has 5 nitrogen and oxygen atoms in total. The summed E-state index contributed by atoms with van der Waals surface area (Å²) in [6, 6.07) is 20.6. The fraction of sp³-hybridized carbons (Fsp3) is 0.150. The zero-order chi connectivity index (χ0) is 18.4. The van der Waals surface area contributed by atoms with Crippen molar-refractivity contribution in [1.29, 1.82) is 0 Å². The monoisotopic (exact) mass is 366 g/mol. The second-order valence-corrected chi connectivity index (χ2v) is 6.26. The summed E-state index contributed by atoms with van der Waals surface area (Å²) in [6.07, 6.45) is 0. The lowest BCUT2D eigenvalue weighted by atomic mass is 10.1. The van der Waals surface area contributed by atoms with Crippen LogP contribution in [-0.4, -0.2) is 16.1 Å². The minimum absolute atomic E-state index is 0.108. The van der Waals surface area contributed by atoms with E-state index in [2.05, 4.69) is 20.8 Å². The van der Waals surface area contributed by atoms with Gasteiger partial charge in [-0.25, -0.2) is 0 Å². The van der Waals surface area contributed by atoms with Gasteiger partial charge < -0.3 is 10.6 Å². The Kier molecular flexibility index (Phi) is 5.81. The fourth-order valence-electron chi connectivity index (χ4n) is 2.47. The van der Waals surface area contributed by atoms with Crippen molar-refractivity contribution in [3.05, 3.63) is 88.6 Å². The summed E-state index contributed by atoms with van der Waals surface area (Å²) in [4.78, 5) is 12.3. The number of hydrogen-bond donors (Lipinski definition) is 2.